The Morgan fingerprint density at radius 1 is 1.33 bits per heavy atom. The molecular weight excluding hydrogens is 270 g/mol. The molecule has 0 spiro atoms. The smallest absolute Gasteiger partial charge is 0.163 e. The first-order chi connectivity index (χ1) is 10.3. The number of aliphatic hydroxyl groups excluding tert-OH is 1. The third-order valence-electron chi connectivity index (χ3n) is 2.98. The van der Waals surface area contributed by atoms with E-state index >= 15 is 0 Å². The van der Waals surface area contributed by atoms with E-state index in [0.717, 1.165) is 22.7 Å². The molecule has 1 aromatic heterocycles. The molecule has 6 heteroatoms. The summed E-state index contributed by atoms with van der Waals surface area (Å²) in [7, 11) is 1.63. The third-order valence-corrected chi connectivity index (χ3v) is 2.98. The maximum Gasteiger partial charge on any atom is 0.163 e. The van der Waals surface area contributed by atoms with Gasteiger partial charge in [0.25, 0.3) is 0 Å². The van der Waals surface area contributed by atoms with Crippen molar-refractivity contribution < 1.29 is 14.6 Å². The summed E-state index contributed by atoms with van der Waals surface area (Å²) in [5.74, 6) is 1.44. The maximum atomic E-state index is 8.87. The van der Waals surface area contributed by atoms with Gasteiger partial charge in [-0.3, -0.25) is 4.68 Å². The van der Waals surface area contributed by atoms with Gasteiger partial charge in [0.15, 0.2) is 11.5 Å². The van der Waals surface area contributed by atoms with E-state index in [1.165, 1.54) is 0 Å². The average molecular weight is 291 g/mol. The molecule has 6 nitrogen and oxygen atoms in total. The van der Waals surface area contributed by atoms with Crippen LogP contribution < -0.4 is 14.8 Å². The molecule has 0 unspecified atom stereocenters. The minimum Gasteiger partial charge on any atom is -0.493 e. The van der Waals surface area contributed by atoms with Gasteiger partial charge in [-0.1, -0.05) is 0 Å². The molecule has 1 aromatic carbocycles. The van der Waals surface area contributed by atoms with E-state index < -0.39 is 0 Å². The number of hydrogen-bond donors (Lipinski definition) is 2. The summed E-state index contributed by atoms with van der Waals surface area (Å²) in [5.41, 5.74) is 2.01. The van der Waals surface area contributed by atoms with Gasteiger partial charge in [-0.2, -0.15) is 5.10 Å². The van der Waals surface area contributed by atoms with Crippen LogP contribution in [0, 0.1) is 0 Å². The highest BCUT2D eigenvalue weighted by atomic mass is 16.5. The van der Waals surface area contributed by atoms with Gasteiger partial charge in [-0.05, 0) is 19.1 Å². The van der Waals surface area contributed by atoms with E-state index in [1.807, 2.05) is 31.3 Å². The van der Waals surface area contributed by atoms with Crippen LogP contribution in [0.1, 0.15) is 12.5 Å². The van der Waals surface area contributed by atoms with E-state index in [2.05, 4.69) is 10.4 Å². The molecule has 1 heterocycles. The van der Waals surface area contributed by atoms with E-state index in [0.29, 0.717) is 19.7 Å². The summed E-state index contributed by atoms with van der Waals surface area (Å²) >= 11 is 0. The summed E-state index contributed by atoms with van der Waals surface area (Å²) in [6.45, 7) is 3.79. The Bertz CT molecular complexity index is 569. The summed E-state index contributed by atoms with van der Waals surface area (Å²) in [4.78, 5) is 0. The van der Waals surface area contributed by atoms with E-state index in [4.69, 9.17) is 14.6 Å². The predicted octanol–water partition coefficient (Wildman–Crippen LogP) is 1.89. The Balaban J connectivity index is 2.00. The average Bonchev–Trinajstić information content (AvgIpc) is 2.94. The Morgan fingerprint density at radius 3 is 2.90 bits per heavy atom. The third kappa shape index (κ3) is 4.13. The number of benzene rings is 1. The number of aromatic nitrogens is 2. The molecule has 0 radical (unpaired) electrons. The topological polar surface area (TPSA) is 68.5 Å². The van der Waals surface area contributed by atoms with Gasteiger partial charge < -0.3 is 19.9 Å². The summed E-state index contributed by atoms with van der Waals surface area (Å²) in [6, 6.07) is 5.74. The molecule has 0 aliphatic heterocycles. The van der Waals surface area contributed by atoms with Crippen LogP contribution in [0.15, 0.2) is 30.6 Å². The second-order valence-corrected chi connectivity index (χ2v) is 4.49. The Hall–Kier alpha value is -2.21. The van der Waals surface area contributed by atoms with Gasteiger partial charge >= 0.3 is 0 Å². The minimum atomic E-state index is 0.0880. The van der Waals surface area contributed by atoms with Crippen molar-refractivity contribution in [1.29, 1.82) is 0 Å². The number of methoxy groups -OCH3 is 1. The van der Waals surface area contributed by atoms with Crippen molar-refractivity contribution >= 4 is 5.69 Å². The fourth-order valence-electron chi connectivity index (χ4n) is 1.98. The Kier molecular flexibility index (Phi) is 5.45. The highest BCUT2D eigenvalue weighted by Gasteiger charge is 2.05. The number of ether oxygens (including phenoxy) is 2. The number of hydrogen-bond acceptors (Lipinski definition) is 5. The van der Waals surface area contributed by atoms with Crippen LogP contribution in [0.5, 0.6) is 11.5 Å². The van der Waals surface area contributed by atoms with Crippen LogP contribution in [0.4, 0.5) is 5.69 Å². The van der Waals surface area contributed by atoms with Crippen molar-refractivity contribution in [3.8, 4) is 11.5 Å². The Morgan fingerprint density at radius 2 is 2.19 bits per heavy atom. The molecule has 0 aliphatic carbocycles. The lowest BCUT2D eigenvalue weighted by Gasteiger charge is -2.12. The fourth-order valence-corrected chi connectivity index (χ4v) is 1.98. The molecule has 2 aromatic rings. The molecule has 21 heavy (non-hydrogen) atoms. The van der Waals surface area contributed by atoms with Crippen molar-refractivity contribution in [3.63, 3.8) is 0 Å². The summed E-state index contributed by atoms with van der Waals surface area (Å²) in [5, 5.41) is 16.3. The first-order valence-electron chi connectivity index (χ1n) is 6.93. The lowest BCUT2D eigenvalue weighted by atomic mass is 10.2. The molecule has 0 fully saturated rings. The van der Waals surface area contributed by atoms with Crippen LogP contribution >= 0.6 is 0 Å². The lowest BCUT2D eigenvalue weighted by molar-refractivity contribution is 0.269. The summed E-state index contributed by atoms with van der Waals surface area (Å²) in [6.07, 6.45) is 3.70. The molecule has 0 atom stereocenters. The quantitative estimate of drug-likeness (QED) is 0.777. The molecule has 0 saturated heterocycles. The number of anilines is 1. The largest absolute Gasteiger partial charge is 0.493 e. The van der Waals surface area contributed by atoms with Gasteiger partial charge in [0.1, 0.15) is 0 Å². The first-order valence-corrected chi connectivity index (χ1v) is 6.93. The van der Waals surface area contributed by atoms with E-state index in [1.54, 1.807) is 18.0 Å². The van der Waals surface area contributed by atoms with Crippen molar-refractivity contribution in [1.82, 2.24) is 9.78 Å². The van der Waals surface area contributed by atoms with Crippen molar-refractivity contribution in [2.45, 2.75) is 20.0 Å². The fraction of sp³-hybridized carbons (Fsp3) is 0.400. The van der Waals surface area contributed by atoms with Gasteiger partial charge in [0.05, 0.1) is 33.1 Å². The zero-order chi connectivity index (χ0) is 15.1. The number of rotatable bonds is 8. The zero-order valence-electron chi connectivity index (χ0n) is 12.4. The molecule has 0 aliphatic rings. The molecular formula is C15H21N3O3. The van der Waals surface area contributed by atoms with Gasteiger partial charge in [-0.15, -0.1) is 0 Å². The monoisotopic (exact) mass is 291 g/mol. The van der Waals surface area contributed by atoms with Gasteiger partial charge in [0, 0.05) is 30.1 Å². The molecule has 0 saturated carbocycles. The number of nitrogens with zero attached hydrogens (tertiary/aromatic N) is 2. The number of aliphatic hydroxyl groups is 1. The van der Waals surface area contributed by atoms with Crippen molar-refractivity contribution in [2.75, 3.05) is 25.6 Å². The van der Waals surface area contributed by atoms with E-state index in [9.17, 15) is 0 Å². The highest BCUT2D eigenvalue weighted by molar-refractivity contribution is 5.54. The Labute approximate surface area is 124 Å². The zero-order valence-corrected chi connectivity index (χ0v) is 12.4. The normalized spacial score (nSPS) is 10.4. The molecule has 0 bridgehead atoms. The molecule has 114 valence electrons. The lowest BCUT2D eigenvalue weighted by Crippen LogP contribution is -2.02. The van der Waals surface area contributed by atoms with Crippen LogP contribution in [-0.2, 0) is 13.1 Å². The summed E-state index contributed by atoms with van der Waals surface area (Å²) < 4.78 is 12.5. The van der Waals surface area contributed by atoms with Crippen LogP contribution in [-0.4, -0.2) is 35.2 Å². The minimum absolute atomic E-state index is 0.0880. The van der Waals surface area contributed by atoms with Gasteiger partial charge in [-0.25, -0.2) is 0 Å². The molecule has 2 N–H and O–H groups in total. The second-order valence-electron chi connectivity index (χ2n) is 4.49. The van der Waals surface area contributed by atoms with Crippen LogP contribution in [0.25, 0.3) is 0 Å². The van der Waals surface area contributed by atoms with Gasteiger partial charge in [0.2, 0.25) is 0 Å². The van der Waals surface area contributed by atoms with E-state index in [-0.39, 0.29) is 6.61 Å². The second kappa shape index (κ2) is 7.54. The number of nitrogens with one attached hydrogen (secondary N) is 1. The SMILES string of the molecule is CCOc1cc(NCc2cnn(CCO)c2)ccc1OC. The first kappa shape index (κ1) is 15.2. The van der Waals surface area contributed by atoms with Crippen LogP contribution in [0.3, 0.4) is 0 Å². The highest BCUT2D eigenvalue weighted by Crippen LogP contribution is 2.30. The van der Waals surface area contributed by atoms with Crippen molar-refractivity contribution in [2.24, 2.45) is 0 Å². The molecule has 2 rings (SSSR count). The maximum absolute atomic E-state index is 8.87. The predicted molar refractivity (Wildman–Crippen MR) is 80.8 cm³/mol. The van der Waals surface area contributed by atoms with Crippen molar-refractivity contribution in [3.05, 3.63) is 36.2 Å². The van der Waals surface area contributed by atoms with Crippen LogP contribution in [0.2, 0.25) is 0 Å². The molecule has 0 amide bonds. The standard InChI is InChI=1S/C15H21N3O3/c1-3-21-15-8-13(4-5-14(15)20-2)16-9-12-10-17-18(11-12)6-7-19/h4-5,8,10-11,16,19H,3,6-7,9H2,1-2H3.